The van der Waals surface area contributed by atoms with Crippen LogP contribution >= 0.6 is 0 Å². The molecule has 0 aliphatic rings. The lowest BCUT2D eigenvalue weighted by Gasteiger charge is -1.94. The van der Waals surface area contributed by atoms with Crippen molar-refractivity contribution in [2.24, 2.45) is 0 Å². The van der Waals surface area contributed by atoms with Crippen LogP contribution in [0, 0.1) is 6.92 Å². The number of allylic oxidation sites excluding steroid dienone is 6. The van der Waals surface area contributed by atoms with Gasteiger partial charge in [0.2, 0.25) is 0 Å². The Morgan fingerprint density at radius 3 is 1.71 bits per heavy atom. The molecule has 0 rings (SSSR count). The van der Waals surface area contributed by atoms with E-state index in [1.54, 1.807) is 0 Å². The molecule has 97 valence electrons. The molecular weight excluding hydrogens is 204 g/mol. The number of unbranched alkanes of at least 4 members (excludes halogenated alkanes) is 6. The first-order valence-corrected chi connectivity index (χ1v) is 7.16. The second kappa shape index (κ2) is 15.2. The standard InChI is InChI=1S/C17H29/c1-3-5-7-9-11-13-15-17-16-14-12-10-8-6-4-2/h3,5,11,13-14,16H,1,4,6-10,12,15,17H2,2H3. The van der Waals surface area contributed by atoms with Crippen LogP contribution in [0.1, 0.15) is 64.7 Å². The van der Waals surface area contributed by atoms with Gasteiger partial charge in [-0.05, 0) is 45.4 Å². The SMILES string of the molecule is [CH2]C=CCCC=CCCC=CCCCCCC. The molecule has 0 fully saturated rings. The number of rotatable bonds is 11. The van der Waals surface area contributed by atoms with Gasteiger partial charge < -0.3 is 0 Å². The van der Waals surface area contributed by atoms with Gasteiger partial charge in [0, 0.05) is 0 Å². The van der Waals surface area contributed by atoms with Crippen LogP contribution in [0.5, 0.6) is 0 Å². The lowest BCUT2D eigenvalue weighted by Crippen LogP contribution is -1.74. The van der Waals surface area contributed by atoms with Crippen LogP contribution in [0.4, 0.5) is 0 Å². The van der Waals surface area contributed by atoms with Gasteiger partial charge in [0.05, 0.1) is 0 Å². The molecule has 0 aliphatic carbocycles. The summed E-state index contributed by atoms with van der Waals surface area (Å²) in [5.41, 5.74) is 0. The summed E-state index contributed by atoms with van der Waals surface area (Å²) in [6.07, 6.45) is 24.6. The van der Waals surface area contributed by atoms with Crippen molar-refractivity contribution in [3.8, 4) is 0 Å². The fourth-order valence-electron chi connectivity index (χ4n) is 1.66. The Bertz CT molecular complexity index is 208. The molecule has 0 bridgehead atoms. The fourth-order valence-corrected chi connectivity index (χ4v) is 1.66. The minimum absolute atomic E-state index is 1.12. The first kappa shape index (κ1) is 16.2. The molecule has 0 aromatic carbocycles. The van der Waals surface area contributed by atoms with Crippen LogP contribution in [0.25, 0.3) is 0 Å². The summed E-state index contributed by atoms with van der Waals surface area (Å²) in [6.45, 7) is 5.93. The average molecular weight is 233 g/mol. The minimum Gasteiger partial charge on any atom is -0.0885 e. The van der Waals surface area contributed by atoms with Gasteiger partial charge in [-0.15, -0.1) is 0 Å². The topological polar surface area (TPSA) is 0 Å². The van der Waals surface area contributed by atoms with Gasteiger partial charge in [-0.2, -0.15) is 0 Å². The van der Waals surface area contributed by atoms with Crippen molar-refractivity contribution >= 4 is 0 Å². The van der Waals surface area contributed by atoms with Crippen molar-refractivity contribution in [1.29, 1.82) is 0 Å². The molecule has 0 atom stereocenters. The molecule has 17 heavy (non-hydrogen) atoms. The van der Waals surface area contributed by atoms with E-state index in [2.05, 4.69) is 44.2 Å². The molecule has 0 spiro atoms. The Morgan fingerprint density at radius 2 is 1.18 bits per heavy atom. The highest BCUT2D eigenvalue weighted by atomic mass is 13.9. The molecule has 1 radical (unpaired) electrons. The summed E-state index contributed by atoms with van der Waals surface area (Å²) in [5.74, 6) is 0. The first-order chi connectivity index (χ1) is 8.41. The third-order valence-electron chi connectivity index (χ3n) is 2.72. The zero-order chi connectivity index (χ0) is 12.6. The number of hydrogen-bond acceptors (Lipinski definition) is 0. The van der Waals surface area contributed by atoms with E-state index in [1.807, 2.05) is 6.08 Å². The predicted octanol–water partition coefficient (Wildman–Crippen LogP) is 6.02. The van der Waals surface area contributed by atoms with Gasteiger partial charge in [0.25, 0.3) is 0 Å². The summed E-state index contributed by atoms with van der Waals surface area (Å²) in [7, 11) is 0. The minimum atomic E-state index is 1.12. The average Bonchev–Trinajstić information content (AvgIpc) is 2.35. The Morgan fingerprint density at radius 1 is 0.647 bits per heavy atom. The second-order valence-corrected chi connectivity index (χ2v) is 4.42. The van der Waals surface area contributed by atoms with Crippen molar-refractivity contribution in [2.45, 2.75) is 64.7 Å². The van der Waals surface area contributed by atoms with Crippen molar-refractivity contribution < 1.29 is 0 Å². The third-order valence-corrected chi connectivity index (χ3v) is 2.72. The van der Waals surface area contributed by atoms with E-state index in [0.29, 0.717) is 0 Å². The van der Waals surface area contributed by atoms with Gasteiger partial charge in [-0.25, -0.2) is 0 Å². The van der Waals surface area contributed by atoms with E-state index in [-0.39, 0.29) is 0 Å². The molecule has 0 heteroatoms. The summed E-state index contributed by atoms with van der Waals surface area (Å²) >= 11 is 0. The molecule has 0 aliphatic heterocycles. The third kappa shape index (κ3) is 15.2. The summed E-state index contributed by atoms with van der Waals surface area (Å²) < 4.78 is 0. The molecule has 0 nitrogen and oxygen atoms in total. The molecule has 0 aromatic heterocycles. The Kier molecular flexibility index (Phi) is 14.5. The lowest BCUT2D eigenvalue weighted by atomic mass is 10.1. The van der Waals surface area contributed by atoms with Gasteiger partial charge in [0.15, 0.2) is 0 Å². The van der Waals surface area contributed by atoms with E-state index in [9.17, 15) is 0 Å². The molecule has 0 unspecified atom stereocenters. The molecule has 0 saturated carbocycles. The summed E-state index contributed by atoms with van der Waals surface area (Å²) in [5, 5.41) is 0. The van der Waals surface area contributed by atoms with Crippen LogP contribution in [0.3, 0.4) is 0 Å². The second-order valence-electron chi connectivity index (χ2n) is 4.42. The maximum atomic E-state index is 3.67. The Labute approximate surface area is 109 Å². The first-order valence-electron chi connectivity index (χ1n) is 7.16. The predicted molar refractivity (Wildman–Crippen MR) is 80.0 cm³/mol. The molecule has 0 heterocycles. The molecular formula is C17H29. The van der Waals surface area contributed by atoms with Crippen molar-refractivity contribution in [1.82, 2.24) is 0 Å². The van der Waals surface area contributed by atoms with Crippen molar-refractivity contribution in [2.75, 3.05) is 0 Å². The number of hydrogen-bond donors (Lipinski definition) is 0. The zero-order valence-electron chi connectivity index (χ0n) is 11.5. The Hall–Kier alpha value is -0.780. The lowest BCUT2D eigenvalue weighted by molar-refractivity contribution is 0.674. The van der Waals surface area contributed by atoms with E-state index < -0.39 is 0 Å². The van der Waals surface area contributed by atoms with Crippen LogP contribution in [0.15, 0.2) is 36.5 Å². The monoisotopic (exact) mass is 233 g/mol. The van der Waals surface area contributed by atoms with Crippen molar-refractivity contribution in [3.05, 3.63) is 43.4 Å². The molecule has 0 saturated heterocycles. The Balaban J connectivity index is 3.18. The highest BCUT2D eigenvalue weighted by Crippen LogP contribution is 2.04. The van der Waals surface area contributed by atoms with E-state index in [4.69, 9.17) is 0 Å². The normalized spacial score (nSPS) is 12.4. The highest BCUT2D eigenvalue weighted by molar-refractivity contribution is 4.91. The molecule has 0 amide bonds. The summed E-state index contributed by atoms with van der Waals surface area (Å²) in [4.78, 5) is 0. The van der Waals surface area contributed by atoms with Crippen LogP contribution in [0.2, 0.25) is 0 Å². The van der Waals surface area contributed by atoms with Gasteiger partial charge in [-0.3, -0.25) is 0 Å². The fraction of sp³-hybridized carbons (Fsp3) is 0.588. The molecule has 0 N–H and O–H groups in total. The molecule has 0 aromatic rings. The van der Waals surface area contributed by atoms with E-state index in [1.165, 1.54) is 44.9 Å². The van der Waals surface area contributed by atoms with Gasteiger partial charge in [0.1, 0.15) is 0 Å². The van der Waals surface area contributed by atoms with Crippen LogP contribution in [-0.4, -0.2) is 0 Å². The highest BCUT2D eigenvalue weighted by Gasteiger charge is 1.84. The zero-order valence-corrected chi connectivity index (χ0v) is 11.5. The van der Waals surface area contributed by atoms with E-state index >= 15 is 0 Å². The van der Waals surface area contributed by atoms with Gasteiger partial charge in [-0.1, -0.05) is 62.6 Å². The maximum absolute atomic E-state index is 3.67. The van der Waals surface area contributed by atoms with Crippen LogP contribution in [-0.2, 0) is 0 Å². The maximum Gasteiger partial charge on any atom is -0.0316 e. The van der Waals surface area contributed by atoms with Crippen LogP contribution < -0.4 is 0 Å². The quantitative estimate of drug-likeness (QED) is 0.302. The van der Waals surface area contributed by atoms with Crippen molar-refractivity contribution in [3.63, 3.8) is 0 Å². The smallest absolute Gasteiger partial charge is 0.0316 e. The largest absolute Gasteiger partial charge is 0.0885 e. The van der Waals surface area contributed by atoms with Gasteiger partial charge >= 0.3 is 0 Å². The summed E-state index contributed by atoms with van der Waals surface area (Å²) in [6, 6.07) is 0. The van der Waals surface area contributed by atoms with E-state index in [0.717, 1.165) is 12.8 Å².